The van der Waals surface area contributed by atoms with Crippen molar-refractivity contribution in [3.63, 3.8) is 0 Å². The van der Waals surface area contributed by atoms with Crippen molar-refractivity contribution in [2.24, 2.45) is 0 Å². The molecule has 0 aromatic carbocycles. The van der Waals surface area contributed by atoms with Gasteiger partial charge in [-0.25, -0.2) is 5.43 Å². The highest BCUT2D eigenvalue weighted by molar-refractivity contribution is 5.24. The normalized spacial score (nSPS) is 26.2. The SMILES string of the molecule is C=CC1=CN(C)NC1C. The Bertz CT molecular complexity index is 149. The molecule has 0 amide bonds. The van der Waals surface area contributed by atoms with E-state index in [1.165, 1.54) is 5.57 Å². The third-order valence-corrected chi connectivity index (χ3v) is 1.48. The molecule has 0 bridgehead atoms. The summed E-state index contributed by atoms with van der Waals surface area (Å²) in [5.74, 6) is 0. The molecule has 2 heteroatoms. The quantitative estimate of drug-likeness (QED) is 0.558. The van der Waals surface area contributed by atoms with Crippen LogP contribution < -0.4 is 5.43 Å². The number of nitrogens with zero attached hydrogens (tertiary/aromatic N) is 1. The van der Waals surface area contributed by atoms with E-state index in [2.05, 4.69) is 18.9 Å². The Hall–Kier alpha value is -0.760. The summed E-state index contributed by atoms with van der Waals surface area (Å²) in [5.41, 5.74) is 4.43. The minimum Gasteiger partial charge on any atom is -0.318 e. The third-order valence-electron chi connectivity index (χ3n) is 1.48. The van der Waals surface area contributed by atoms with Crippen LogP contribution in [0.25, 0.3) is 0 Å². The summed E-state index contributed by atoms with van der Waals surface area (Å²) in [6.07, 6.45) is 3.92. The first-order valence-corrected chi connectivity index (χ1v) is 3.07. The van der Waals surface area contributed by atoms with Gasteiger partial charge in [-0.15, -0.1) is 0 Å². The average Bonchev–Trinajstić information content (AvgIpc) is 2.10. The smallest absolute Gasteiger partial charge is 0.0498 e. The fraction of sp³-hybridized carbons (Fsp3) is 0.429. The van der Waals surface area contributed by atoms with Crippen molar-refractivity contribution in [1.82, 2.24) is 10.4 Å². The molecule has 0 aliphatic carbocycles. The molecule has 1 aliphatic heterocycles. The predicted molar refractivity (Wildman–Crippen MR) is 38.6 cm³/mol. The van der Waals surface area contributed by atoms with Gasteiger partial charge in [0.05, 0.1) is 0 Å². The van der Waals surface area contributed by atoms with Gasteiger partial charge < -0.3 is 5.01 Å². The second-order valence-corrected chi connectivity index (χ2v) is 2.29. The minimum atomic E-state index is 0.424. The Kier molecular flexibility index (Phi) is 1.58. The zero-order valence-electron chi connectivity index (χ0n) is 5.89. The van der Waals surface area contributed by atoms with Crippen LogP contribution in [-0.4, -0.2) is 18.1 Å². The van der Waals surface area contributed by atoms with E-state index in [4.69, 9.17) is 0 Å². The largest absolute Gasteiger partial charge is 0.318 e. The van der Waals surface area contributed by atoms with Crippen LogP contribution in [0.4, 0.5) is 0 Å². The van der Waals surface area contributed by atoms with E-state index >= 15 is 0 Å². The summed E-state index contributed by atoms with van der Waals surface area (Å²) < 4.78 is 0. The van der Waals surface area contributed by atoms with E-state index in [-0.39, 0.29) is 0 Å². The van der Waals surface area contributed by atoms with Crippen LogP contribution in [0.1, 0.15) is 6.92 Å². The van der Waals surface area contributed by atoms with Crippen LogP contribution in [0.15, 0.2) is 24.4 Å². The number of hydrogen-bond acceptors (Lipinski definition) is 2. The van der Waals surface area contributed by atoms with Crippen LogP contribution >= 0.6 is 0 Å². The molecule has 1 rings (SSSR count). The molecule has 0 spiro atoms. The minimum absolute atomic E-state index is 0.424. The Morgan fingerprint density at radius 2 is 2.56 bits per heavy atom. The van der Waals surface area contributed by atoms with Crippen molar-refractivity contribution in [3.8, 4) is 0 Å². The Morgan fingerprint density at radius 1 is 1.89 bits per heavy atom. The summed E-state index contributed by atoms with van der Waals surface area (Å²) in [5, 5.41) is 1.95. The molecular formula is C7H12N2. The summed E-state index contributed by atoms with van der Waals surface area (Å²) in [6.45, 7) is 5.80. The first-order valence-electron chi connectivity index (χ1n) is 3.07. The standard InChI is InChI=1S/C7H12N2/c1-4-7-5-9(3)8-6(7)2/h4-6,8H,1H2,2-3H3. The first-order chi connectivity index (χ1) is 4.24. The van der Waals surface area contributed by atoms with Gasteiger partial charge in [-0.3, -0.25) is 0 Å². The van der Waals surface area contributed by atoms with E-state index < -0.39 is 0 Å². The van der Waals surface area contributed by atoms with Crippen LogP contribution in [0.2, 0.25) is 0 Å². The Balaban J connectivity index is 2.68. The number of hydrogen-bond donors (Lipinski definition) is 1. The molecule has 9 heavy (non-hydrogen) atoms. The first kappa shape index (κ1) is 6.36. The highest BCUT2D eigenvalue weighted by atomic mass is 15.5. The lowest BCUT2D eigenvalue weighted by Gasteiger charge is -2.10. The zero-order chi connectivity index (χ0) is 6.85. The van der Waals surface area contributed by atoms with Crippen LogP contribution in [0, 0.1) is 0 Å². The molecule has 0 saturated heterocycles. The summed E-state index contributed by atoms with van der Waals surface area (Å²) in [4.78, 5) is 0. The van der Waals surface area contributed by atoms with Crippen molar-refractivity contribution >= 4 is 0 Å². The highest BCUT2D eigenvalue weighted by Crippen LogP contribution is 2.09. The molecule has 0 radical (unpaired) electrons. The number of hydrazine groups is 1. The van der Waals surface area contributed by atoms with Crippen molar-refractivity contribution in [2.45, 2.75) is 13.0 Å². The Labute approximate surface area is 55.8 Å². The highest BCUT2D eigenvalue weighted by Gasteiger charge is 2.12. The molecule has 1 atom stereocenters. The van der Waals surface area contributed by atoms with Crippen LogP contribution in [0.5, 0.6) is 0 Å². The third kappa shape index (κ3) is 1.13. The fourth-order valence-electron chi connectivity index (χ4n) is 0.982. The molecule has 0 aromatic heterocycles. The van der Waals surface area contributed by atoms with Gasteiger partial charge in [0.2, 0.25) is 0 Å². The maximum Gasteiger partial charge on any atom is 0.0498 e. The monoisotopic (exact) mass is 124 g/mol. The van der Waals surface area contributed by atoms with Crippen molar-refractivity contribution in [2.75, 3.05) is 7.05 Å². The molecule has 1 unspecified atom stereocenters. The van der Waals surface area contributed by atoms with E-state index in [9.17, 15) is 0 Å². The molecule has 2 nitrogen and oxygen atoms in total. The van der Waals surface area contributed by atoms with Gasteiger partial charge in [-0.2, -0.15) is 0 Å². The number of rotatable bonds is 1. The van der Waals surface area contributed by atoms with E-state index in [1.807, 2.05) is 24.3 Å². The van der Waals surface area contributed by atoms with Gasteiger partial charge in [0.15, 0.2) is 0 Å². The molecule has 1 aliphatic rings. The van der Waals surface area contributed by atoms with Gasteiger partial charge in [0.1, 0.15) is 0 Å². The fourth-order valence-corrected chi connectivity index (χ4v) is 0.982. The molecule has 0 saturated carbocycles. The second kappa shape index (κ2) is 2.23. The predicted octanol–water partition coefficient (Wildman–Crippen LogP) is 0.895. The van der Waals surface area contributed by atoms with E-state index in [0.29, 0.717) is 6.04 Å². The second-order valence-electron chi connectivity index (χ2n) is 2.29. The summed E-state index contributed by atoms with van der Waals surface area (Å²) >= 11 is 0. The van der Waals surface area contributed by atoms with Crippen molar-refractivity contribution in [1.29, 1.82) is 0 Å². The van der Waals surface area contributed by atoms with Crippen molar-refractivity contribution < 1.29 is 0 Å². The lowest BCUT2D eigenvalue weighted by molar-refractivity contribution is 0.338. The summed E-state index contributed by atoms with van der Waals surface area (Å²) in [7, 11) is 1.98. The van der Waals surface area contributed by atoms with Crippen molar-refractivity contribution in [3.05, 3.63) is 24.4 Å². The number of nitrogens with one attached hydrogen (secondary N) is 1. The van der Waals surface area contributed by atoms with Gasteiger partial charge >= 0.3 is 0 Å². The van der Waals surface area contributed by atoms with E-state index in [1.54, 1.807) is 0 Å². The molecular weight excluding hydrogens is 112 g/mol. The van der Waals surface area contributed by atoms with Crippen LogP contribution in [0.3, 0.4) is 0 Å². The molecule has 0 aromatic rings. The topological polar surface area (TPSA) is 15.3 Å². The lowest BCUT2D eigenvalue weighted by Crippen LogP contribution is -2.30. The van der Waals surface area contributed by atoms with Gasteiger partial charge in [-0.05, 0) is 12.5 Å². The van der Waals surface area contributed by atoms with Crippen LogP contribution in [-0.2, 0) is 0 Å². The maximum atomic E-state index is 3.69. The molecule has 50 valence electrons. The van der Waals surface area contributed by atoms with Gasteiger partial charge in [0, 0.05) is 19.3 Å². The van der Waals surface area contributed by atoms with E-state index in [0.717, 1.165) is 0 Å². The maximum absolute atomic E-state index is 3.69. The Morgan fingerprint density at radius 3 is 2.78 bits per heavy atom. The summed E-state index contributed by atoms with van der Waals surface area (Å²) in [6, 6.07) is 0.424. The molecule has 1 heterocycles. The molecule has 1 N–H and O–H groups in total. The molecule has 0 fully saturated rings. The lowest BCUT2D eigenvalue weighted by atomic mass is 10.2. The van der Waals surface area contributed by atoms with Gasteiger partial charge in [0.25, 0.3) is 0 Å². The zero-order valence-corrected chi connectivity index (χ0v) is 5.89. The van der Waals surface area contributed by atoms with Gasteiger partial charge in [-0.1, -0.05) is 12.7 Å². The average molecular weight is 124 g/mol.